The second kappa shape index (κ2) is 9.20. The Balaban J connectivity index is 1.49. The lowest BCUT2D eigenvalue weighted by Gasteiger charge is -2.45. The summed E-state index contributed by atoms with van der Waals surface area (Å²) in [5.74, 6) is -0.281. The van der Waals surface area contributed by atoms with Gasteiger partial charge in [-0.25, -0.2) is 22.2 Å². The van der Waals surface area contributed by atoms with Gasteiger partial charge in [0.15, 0.2) is 0 Å². The van der Waals surface area contributed by atoms with Crippen LogP contribution in [0.25, 0.3) is 0 Å². The monoisotopic (exact) mass is 506 g/mol. The number of rotatable bonds is 5. The van der Waals surface area contributed by atoms with E-state index < -0.39 is 20.7 Å². The Morgan fingerprint density at radius 3 is 2.68 bits per heavy atom. The summed E-state index contributed by atoms with van der Waals surface area (Å²) in [5.41, 5.74) is 1.64. The lowest BCUT2D eigenvalue weighted by Crippen LogP contribution is -2.40. The molecule has 180 valence electrons. The Labute approximate surface area is 201 Å². The van der Waals surface area contributed by atoms with Gasteiger partial charge in [-0.3, -0.25) is 9.62 Å². The zero-order chi connectivity index (χ0) is 23.9. The standard InChI is InChI=1S/C23H24F2N4O3S2/c1-14-6-8-29(20(10-14)15-2-4-16(24)5-3-15)19-7-9-32-21-12-22(18(25)11-17(19)21)34(30,31)28-23-26-13-27-33-23/h2-5,11-14,19-20H,6-10H2,1H3,(H,26,27,28)/t14?,19-,20?/m0/s1. The van der Waals surface area contributed by atoms with Gasteiger partial charge >= 0.3 is 0 Å². The first-order chi connectivity index (χ1) is 16.3. The Morgan fingerprint density at radius 2 is 1.94 bits per heavy atom. The summed E-state index contributed by atoms with van der Waals surface area (Å²) in [6.45, 7) is 3.38. The second-order valence-corrected chi connectivity index (χ2v) is 11.2. The molecule has 1 aromatic heterocycles. The summed E-state index contributed by atoms with van der Waals surface area (Å²) in [4.78, 5) is 5.62. The summed E-state index contributed by atoms with van der Waals surface area (Å²) in [7, 11) is -4.20. The average molecular weight is 507 g/mol. The summed E-state index contributed by atoms with van der Waals surface area (Å²) in [6.07, 6.45) is 3.76. The van der Waals surface area contributed by atoms with Gasteiger partial charge in [0.25, 0.3) is 10.0 Å². The van der Waals surface area contributed by atoms with Crippen molar-refractivity contribution in [1.29, 1.82) is 0 Å². The number of sulfonamides is 1. The van der Waals surface area contributed by atoms with E-state index in [1.165, 1.54) is 30.6 Å². The molecule has 0 amide bonds. The number of hydrogen-bond donors (Lipinski definition) is 1. The maximum absolute atomic E-state index is 15.2. The predicted octanol–water partition coefficient (Wildman–Crippen LogP) is 4.91. The highest BCUT2D eigenvalue weighted by Crippen LogP contribution is 2.45. The molecule has 2 unspecified atom stereocenters. The molecule has 3 aromatic rings. The van der Waals surface area contributed by atoms with Crippen LogP contribution in [-0.4, -0.2) is 35.8 Å². The van der Waals surface area contributed by atoms with E-state index in [9.17, 15) is 12.8 Å². The summed E-state index contributed by atoms with van der Waals surface area (Å²) >= 11 is 0.862. The molecule has 1 fully saturated rings. The molecule has 11 heteroatoms. The summed E-state index contributed by atoms with van der Waals surface area (Å²) in [5, 5.41) is 0.0560. The molecular weight excluding hydrogens is 482 g/mol. The molecule has 2 aromatic carbocycles. The molecule has 2 aliphatic heterocycles. The van der Waals surface area contributed by atoms with Crippen molar-refractivity contribution in [2.75, 3.05) is 17.9 Å². The first-order valence-corrected chi connectivity index (χ1v) is 13.3. The number of benzene rings is 2. The summed E-state index contributed by atoms with van der Waals surface area (Å²) in [6, 6.07) is 8.97. The highest BCUT2D eigenvalue weighted by molar-refractivity contribution is 7.93. The molecule has 3 atom stereocenters. The number of nitrogens with zero attached hydrogens (tertiary/aromatic N) is 3. The minimum atomic E-state index is -4.20. The molecule has 0 spiro atoms. The molecule has 0 aliphatic carbocycles. The first kappa shape index (κ1) is 23.1. The molecule has 1 N–H and O–H groups in total. The van der Waals surface area contributed by atoms with Crippen LogP contribution in [0.4, 0.5) is 13.9 Å². The zero-order valence-electron chi connectivity index (χ0n) is 18.4. The van der Waals surface area contributed by atoms with Crippen molar-refractivity contribution in [3.63, 3.8) is 0 Å². The number of anilines is 1. The van der Waals surface area contributed by atoms with Crippen molar-refractivity contribution >= 4 is 26.7 Å². The van der Waals surface area contributed by atoms with E-state index >= 15 is 4.39 Å². The fraction of sp³-hybridized carbons (Fsp3) is 0.391. The molecule has 5 rings (SSSR count). The molecule has 0 saturated carbocycles. The van der Waals surface area contributed by atoms with Crippen molar-refractivity contribution in [2.45, 2.75) is 43.2 Å². The highest BCUT2D eigenvalue weighted by Gasteiger charge is 2.37. The van der Waals surface area contributed by atoms with E-state index in [0.29, 0.717) is 30.3 Å². The third-order valence-corrected chi connectivity index (χ3v) is 8.57. The third-order valence-electron chi connectivity index (χ3n) is 6.51. The SMILES string of the molecule is CC1CCN([C@H]2CCOc3cc(S(=O)(=O)Nc4ncns4)c(F)cc32)C(c2ccc(F)cc2)C1. The largest absolute Gasteiger partial charge is 0.493 e. The number of ether oxygens (including phenoxy) is 1. The van der Waals surface area contributed by atoms with Crippen LogP contribution in [0.5, 0.6) is 5.75 Å². The van der Waals surface area contributed by atoms with E-state index in [1.807, 2.05) is 0 Å². The minimum absolute atomic E-state index is 0.0471. The van der Waals surface area contributed by atoms with Crippen LogP contribution in [0.2, 0.25) is 0 Å². The third kappa shape index (κ3) is 4.51. The molecule has 34 heavy (non-hydrogen) atoms. The quantitative estimate of drug-likeness (QED) is 0.529. The number of hydrogen-bond acceptors (Lipinski definition) is 7. The van der Waals surface area contributed by atoms with Crippen molar-refractivity contribution in [3.05, 3.63) is 65.5 Å². The Bertz CT molecular complexity index is 1270. The highest BCUT2D eigenvalue weighted by atomic mass is 32.2. The Hall–Kier alpha value is -2.63. The molecule has 2 aliphatic rings. The topological polar surface area (TPSA) is 84.4 Å². The van der Waals surface area contributed by atoms with Crippen molar-refractivity contribution in [1.82, 2.24) is 14.3 Å². The van der Waals surface area contributed by atoms with Gasteiger partial charge < -0.3 is 4.74 Å². The van der Waals surface area contributed by atoms with Crippen LogP contribution in [-0.2, 0) is 10.0 Å². The van der Waals surface area contributed by atoms with Gasteiger partial charge in [-0.05, 0) is 49.1 Å². The van der Waals surface area contributed by atoms with Crippen molar-refractivity contribution < 1.29 is 21.9 Å². The van der Waals surface area contributed by atoms with Gasteiger partial charge in [0.2, 0.25) is 5.13 Å². The van der Waals surface area contributed by atoms with Crippen LogP contribution in [0.1, 0.15) is 49.4 Å². The van der Waals surface area contributed by atoms with E-state index in [0.717, 1.165) is 36.5 Å². The molecule has 0 bridgehead atoms. The average Bonchev–Trinajstić information content (AvgIpc) is 3.31. The van der Waals surface area contributed by atoms with E-state index in [2.05, 4.69) is 25.9 Å². The van der Waals surface area contributed by atoms with Gasteiger partial charge in [-0.1, -0.05) is 19.1 Å². The van der Waals surface area contributed by atoms with Gasteiger partial charge in [-0.2, -0.15) is 4.37 Å². The van der Waals surface area contributed by atoms with Gasteiger partial charge in [-0.15, -0.1) is 0 Å². The summed E-state index contributed by atoms with van der Waals surface area (Å²) < 4.78 is 66.1. The van der Waals surface area contributed by atoms with Crippen LogP contribution < -0.4 is 9.46 Å². The van der Waals surface area contributed by atoms with Gasteiger partial charge in [0.05, 0.1) is 6.61 Å². The number of nitrogens with one attached hydrogen (secondary N) is 1. The number of piperidine rings is 1. The van der Waals surface area contributed by atoms with Crippen LogP contribution in [0, 0.1) is 17.6 Å². The van der Waals surface area contributed by atoms with Crippen LogP contribution >= 0.6 is 11.5 Å². The minimum Gasteiger partial charge on any atom is -0.493 e. The van der Waals surface area contributed by atoms with Gasteiger partial charge in [0, 0.05) is 41.7 Å². The molecule has 3 heterocycles. The Morgan fingerprint density at radius 1 is 1.15 bits per heavy atom. The first-order valence-electron chi connectivity index (χ1n) is 11.1. The molecule has 7 nitrogen and oxygen atoms in total. The van der Waals surface area contributed by atoms with Gasteiger partial charge in [0.1, 0.15) is 28.6 Å². The number of aromatic nitrogens is 2. The van der Waals surface area contributed by atoms with E-state index in [-0.39, 0.29) is 23.0 Å². The fourth-order valence-corrected chi connectivity index (χ4v) is 6.59. The molecule has 0 radical (unpaired) electrons. The van der Waals surface area contributed by atoms with E-state index in [1.54, 1.807) is 12.1 Å². The van der Waals surface area contributed by atoms with Crippen molar-refractivity contribution in [3.8, 4) is 5.75 Å². The van der Waals surface area contributed by atoms with Crippen molar-refractivity contribution in [2.24, 2.45) is 5.92 Å². The lowest BCUT2D eigenvalue weighted by molar-refractivity contribution is 0.0485. The van der Waals surface area contributed by atoms with Crippen LogP contribution in [0.3, 0.4) is 0 Å². The maximum atomic E-state index is 15.2. The smallest absolute Gasteiger partial charge is 0.266 e. The lowest BCUT2D eigenvalue weighted by atomic mass is 9.85. The number of likely N-dealkylation sites (tertiary alicyclic amines) is 1. The normalized spacial score (nSPS) is 23.2. The van der Waals surface area contributed by atoms with Crippen LogP contribution in [0.15, 0.2) is 47.6 Å². The second-order valence-electron chi connectivity index (χ2n) is 8.76. The zero-order valence-corrected chi connectivity index (χ0v) is 20.1. The predicted molar refractivity (Wildman–Crippen MR) is 124 cm³/mol. The number of fused-ring (bicyclic) bond motifs is 1. The molecular formula is C23H24F2N4O3S2. The molecule has 1 saturated heterocycles. The maximum Gasteiger partial charge on any atom is 0.266 e. The Kier molecular flexibility index (Phi) is 6.26. The number of halogens is 2. The van der Waals surface area contributed by atoms with E-state index in [4.69, 9.17) is 4.74 Å². The fourth-order valence-electron chi connectivity index (χ4n) is 4.86.